The fourth-order valence-corrected chi connectivity index (χ4v) is 2.03. The summed E-state index contributed by atoms with van der Waals surface area (Å²) in [6.45, 7) is 0. The second kappa shape index (κ2) is 4.64. The molecule has 0 spiro atoms. The van der Waals surface area contributed by atoms with Crippen LogP contribution in [0.2, 0.25) is 0 Å². The molecular weight excluding hydrogens is 200 g/mol. The molecule has 0 radical (unpaired) electrons. The molecule has 1 aliphatic carbocycles. The Labute approximate surface area is 96.2 Å². The fraction of sp³-hybridized carbons (Fsp3) is 0.286. The molecule has 0 amide bonds. The summed E-state index contributed by atoms with van der Waals surface area (Å²) in [5.74, 6) is -0.643. The molecule has 2 heteroatoms. The number of benzene rings is 1. The average molecular weight is 216 g/mol. The molecule has 0 atom stereocenters. The normalized spacial score (nSPS) is 18.2. The van der Waals surface area contributed by atoms with Crippen molar-refractivity contribution in [3.8, 4) is 0 Å². The molecule has 0 aromatic heterocycles. The van der Waals surface area contributed by atoms with E-state index in [1.165, 1.54) is 0 Å². The summed E-state index contributed by atoms with van der Waals surface area (Å²) in [6.07, 6.45) is 6.88. The molecule has 0 saturated heterocycles. The van der Waals surface area contributed by atoms with Gasteiger partial charge in [-0.15, -0.1) is 0 Å². The molecular formula is C14H16O2. The molecule has 84 valence electrons. The number of allylic oxidation sites excluding steroid dienone is 2. The Morgan fingerprint density at radius 1 is 1.06 bits per heavy atom. The maximum atomic E-state index is 5.55. The third-order valence-corrected chi connectivity index (χ3v) is 2.94. The lowest BCUT2D eigenvalue weighted by Gasteiger charge is -2.34. The maximum Gasteiger partial charge on any atom is 0.198 e. The van der Waals surface area contributed by atoms with Gasteiger partial charge < -0.3 is 9.47 Å². The minimum Gasteiger partial charge on any atom is -0.349 e. The van der Waals surface area contributed by atoms with Crippen LogP contribution in [0.3, 0.4) is 0 Å². The SMILES string of the molecule is COC1(OC)CC=CC=C1c1ccccc1. The summed E-state index contributed by atoms with van der Waals surface area (Å²) in [6, 6.07) is 10.2. The quantitative estimate of drug-likeness (QED) is 0.723. The molecule has 2 rings (SSSR count). The Morgan fingerprint density at radius 3 is 2.38 bits per heavy atom. The number of rotatable bonds is 3. The van der Waals surface area contributed by atoms with E-state index in [1.807, 2.05) is 30.4 Å². The van der Waals surface area contributed by atoms with Gasteiger partial charge in [0.25, 0.3) is 0 Å². The summed E-state index contributed by atoms with van der Waals surface area (Å²) >= 11 is 0. The first-order valence-electron chi connectivity index (χ1n) is 5.35. The Balaban J connectivity index is 2.44. The Bertz CT molecular complexity index is 400. The van der Waals surface area contributed by atoms with E-state index in [4.69, 9.17) is 9.47 Å². The lowest BCUT2D eigenvalue weighted by molar-refractivity contribution is -0.159. The highest BCUT2D eigenvalue weighted by Crippen LogP contribution is 2.36. The molecule has 0 saturated carbocycles. The summed E-state index contributed by atoms with van der Waals surface area (Å²) in [5.41, 5.74) is 2.20. The van der Waals surface area contributed by atoms with Gasteiger partial charge in [-0.05, 0) is 5.56 Å². The van der Waals surface area contributed by atoms with Gasteiger partial charge in [-0.1, -0.05) is 48.6 Å². The first-order valence-corrected chi connectivity index (χ1v) is 5.35. The van der Waals surface area contributed by atoms with E-state index in [0.717, 1.165) is 17.6 Å². The minimum absolute atomic E-state index is 0.643. The van der Waals surface area contributed by atoms with Crippen LogP contribution in [-0.2, 0) is 9.47 Å². The van der Waals surface area contributed by atoms with Crippen LogP contribution in [0.25, 0.3) is 5.57 Å². The van der Waals surface area contributed by atoms with Crippen LogP contribution in [0.1, 0.15) is 12.0 Å². The van der Waals surface area contributed by atoms with Crippen molar-refractivity contribution in [1.29, 1.82) is 0 Å². The van der Waals surface area contributed by atoms with E-state index in [0.29, 0.717) is 0 Å². The molecule has 0 heterocycles. The highest BCUT2D eigenvalue weighted by molar-refractivity contribution is 5.73. The minimum atomic E-state index is -0.643. The van der Waals surface area contributed by atoms with Gasteiger partial charge in [-0.2, -0.15) is 0 Å². The second-order valence-electron chi connectivity index (χ2n) is 3.74. The maximum absolute atomic E-state index is 5.55. The van der Waals surface area contributed by atoms with E-state index in [-0.39, 0.29) is 0 Å². The second-order valence-corrected chi connectivity index (χ2v) is 3.74. The van der Waals surface area contributed by atoms with E-state index >= 15 is 0 Å². The van der Waals surface area contributed by atoms with Gasteiger partial charge in [-0.3, -0.25) is 0 Å². The van der Waals surface area contributed by atoms with E-state index < -0.39 is 5.79 Å². The first kappa shape index (κ1) is 11.1. The molecule has 0 bridgehead atoms. The standard InChI is InChI=1S/C14H16O2/c1-15-14(16-2)11-7-6-10-13(14)12-8-4-3-5-9-12/h3-10H,11H2,1-2H3. The van der Waals surface area contributed by atoms with Crippen LogP contribution in [0.4, 0.5) is 0 Å². The number of methoxy groups -OCH3 is 2. The zero-order chi connectivity index (χ0) is 11.4. The van der Waals surface area contributed by atoms with Crippen LogP contribution >= 0.6 is 0 Å². The van der Waals surface area contributed by atoms with Crippen molar-refractivity contribution < 1.29 is 9.47 Å². The topological polar surface area (TPSA) is 18.5 Å². The van der Waals surface area contributed by atoms with Crippen LogP contribution in [0.15, 0.2) is 48.6 Å². The average Bonchev–Trinajstić information content (AvgIpc) is 2.39. The van der Waals surface area contributed by atoms with E-state index in [2.05, 4.69) is 18.2 Å². The van der Waals surface area contributed by atoms with Crippen molar-refractivity contribution >= 4 is 5.57 Å². The zero-order valence-electron chi connectivity index (χ0n) is 9.64. The van der Waals surface area contributed by atoms with Gasteiger partial charge in [0, 0.05) is 26.2 Å². The van der Waals surface area contributed by atoms with E-state index in [1.54, 1.807) is 14.2 Å². The predicted molar refractivity (Wildman–Crippen MR) is 64.9 cm³/mol. The van der Waals surface area contributed by atoms with Gasteiger partial charge in [0.1, 0.15) is 0 Å². The molecule has 1 aromatic rings. The molecule has 0 fully saturated rings. The van der Waals surface area contributed by atoms with Crippen molar-refractivity contribution in [2.45, 2.75) is 12.2 Å². The van der Waals surface area contributed by atoms with Gasteiger partial charge in [0.2, 0.25) is 0 Å². The van der Waals surface area contributed by atoms with Crippen LogP contribution in [0, 0.1) is 0 Å². The Kier molecular flexibility index (Phi) is 3.22. The third-order valence-electron chi connectivity index (χ3n) is 2.94. The largest absolute Gasteiger partial charge is 0.349 e. The molecule has 0 unspecified atom stereocenters. The van der Waals surface area contributed by atoms with Crippen molar-refractivity contribution in [1.82, 2.24) is 0 Å². The monoisotopic (exact) mass is 216 g/mol. The van der Waals surface area contributed by atoms with Crippen molar-refractivity contribution in [3.05, 3.63) is 54.1 Å². The highest BCUT2D eigenvalue weighted by Gasteiger charge is 2.35. The summed E-state index contributed by atoms with van der Waals surface area (Å²) < 4.78 is 11.1. The zero-order valence-corrected chi connectivity index (χ0v) is 9.64. The molecule has 1 aliphatic rings. The van der Waals surface area contributed by atoms with Crippen LogP contribution < -0.4 is 0 Å². The van der Waals surface area contributed by atoms with Gasteiger partial charge in [0.15, 0.2) is 5.79 Å². The lowest BCUT2D eigenvalue weighted by atomic mass is 9.91. The summed E-state index contributed by atoms with van der Waals surface area (Å²) in [4.78, 5) is 0. The van der Waals surface area contributed by atoms with Gasteiger partial charge >= 0.3 is 0 Å². The van der Waals surface area contributed by atoms with Crippen molar-refractivity contribution in [3.63, 3.8) is 0 Å². The first-order chi connectivity index (χ1) is 7.82. The van der Waals surface area contributed by atoms with Crippen LogP contribution in [0.5, 0.6) is 0 Å². The number of ether oxygens (including phenoxy) is 2. The van der Waals surface area contributed by atoms with Crippen LogP contribution in [-0.4, -0.2) is 20.0 Å². The predicted octanol–water partition coefficient (Wildman–Crippen LogP) is 3.02. The molecule has 16 heavy (non-hydrogen) atoms. The molecule has 0 N–H and O–H groups in total. The van der Waals surface area contributed by atoms with Gasteiger partial charge in [0.05, 0.1) is 0 Å². The molecule has 2 nitrogen and oxygen atoms in total. The summed E-state index contributed by atoms with van der Waals surface area (Å²) in [7, 11) is 3.36. The molecule has 1 aromatic carbocycles. The van der Waals surface area contributed by atoms with Crippen molar-refractivity contribution in [2.75, 3.05) is 14.2 Å². The fourth-order valence-electron chi connectivity index (χ4n) is 2.03. The summed E-state index contributed by atoms with van der Waals surface area (Å²) in [5, 5.41) is 0. The Hall–Kier alpha value is -1.38. The van der Waals surface area contributed by atoms with Gasteiger partial charge in [-0.25, -0.2) is 0 Å². The Morgan fingerprint density at radius 2 is 1.75 bits per heavy atom. The van der Waals surface area contributed by atoms with E-state index in [9.17, 15) is 0 Å². The molecule has 0 aliphatic heterocycles. The smallest absolute Gasteiger partial charge is 0.198 e. The number of hydrogen-bond donors (Lipinski definition) is 0. The third kappa shape index (κ3) is 1.82. The number of hydrogen-bond acceptors (Lipinski definition) is 2. The lowest BCUT2D eigenvalue weighted by Crippen LogP contribution is -2.35. The highest BCUT2D eigenvalue weighted by atomic mass is 16.7. The van der Waals surface area contributed by atoms with Crippen molar-refractivity contribution in [2.24, 2.45) is 0 Å².